The first-order valence-corrected chi connectivity index (χ1v) is 7.08. The fraction of sp³-hybridized carbons (Fsp3) is 0.467. The summed E-state index contributed by atoms with van der Waals surface area (Å²) in [5.74, 6) is 0.963. The molecule has 20 heavy (non-hydrogen) atoms. The van der Waals surface area contributed by atoms with Crippen molar-refractivity contribution in [3.63, 3.8) is 0 Å². The Morgan fingerprint density at radius 3 is 2.85 bits per heavy atom. The Balaban J connectivity index is 1.71. The van der Waals surface area contributed by atoms with Crippen molar-refractivity contribution in [2.45, 2.75) is 32.0 Å². The van der Waals surface area contributed by atoms with Crippen molar-refractivity contribution in [3.05, 3.63) is 48.0 Å². The van der Waals surface area contributed by atoms with Crippen LogP contribution in [0.5, 0.6) is 0 Å². The molecule has 0 aliphatic carbocycles. The minimum absolute atomic E-state index is 0.646. The second-order valence-electron chi connectivity index (χ2n) is 5.35. The van der Waals surface area contributed by atoms with Gasteiger partial charge < -0.3 is 5.11 Å². The number of aliphatic hydroxyl groups is 1. The lowest BCUT2D eigenvalue weighted by Gasteiger charge is -2.23. The molecule has 1 N–H and O–H groups in total. The van der Waals surface area contributed by atoms with Crippen LogP contribution in [0.25, 0.3) is 0 Å². The number of β-amino-alcohol motifs (C(OH)–C–C–N with tert-alkyl or cyclic N) is 1. The molecular weight excluding hydrogens is 252 g/mol. The van der Waals surface area contributed by atoms with Crippen molar-refractivity contribution >= 4 is 0 Å². The van der Waals surface area contributed by atoms with Crippen LogP contribution in [0.4, 0.5) is 0 Å². The number of likely N-dealkylation sites (tertiary alicyclic amines) is 1. The van der Waals surface area contributed by atoms with Crippen LogP contribution < -0.4 is 0 Å². The maximum atomic E-state index is 10.8. The fourth-order valence-corrected chi connectivity index (χ4v) is 2.86. The molecule has 5 nitrogen and oxygen atoms in total. The third-order valence-electron chi connectivity index (χ3n) is 4.00. The molecule has 2 aromatic rings. The molecule has 2 heterocycles. The van der Waals surface area contributed by atoms with Crippen LogP contribution in [0.2, 0.25) is 0 Å². The van der Waals surface area contributed by atoms with Crippen LogP contribution in [0.1, 0.15) is 24.7 Å². The van der Waals surface area contributed by atoms with Gasteiger partial charge in [-0.15, -0.1) is 0 Å². The molecule has 1 aliphatic rings. The summed E-state index contributed by atoms with van der Waals surface area (Å²) in [7, 11) is 0. The molecule has 0 radical (unpaired) electrons. The van der Waals surface area contributed by atoms with Gasteiger partial charge in [0, 0.05) is 19.6 Å². The Morgan fingerprint density at radius 1 is 1.30 bits per heavy atom. The quantitative estimate of drug-likeness (QED) is 0.914. The van der Waals surface area contributed by atoms with Crippen molar-refractivity contribution < 1.29 is 5.11 Å². The monoisotopic (exact) mass is 272 g/mol. The zero-order chi connectivity index (χ0) is 14.0. The van der Waals surface area contributed by atoms with Crippen molar-refractivity contribution in [3.8, 4) is 0 Å². The van der Waals surface area contributed by atoms with E-state index in [0.29, 0.717) is 6.54 Å². The minimum atomic E-state index is -0.738. The summed E-state index contributed by atoms with van der Waals surface area (Å²) in [5.41, 5.74) is 0.262. The molecule has 0 saturated carbocycles. The summed E-state index contributed by atoms with van der Waals surface area (Å²) in [6.45, 7) is 5.15. The van der Waals surface area contributed by atoms with Gasteiger partial charge in [-0.3, -0.25) is 4.90 Å². The summed E-state index contributed by atoms with van der Waals surface area (Å²) < 4.78 is 1.90. The number of aromatic nitrogens is 3. The van der Waals surface area contributed by atoms with Crippen LogP contribution in [0, 0.1) is 0 Å². The van der Waals surface area contributed by atoms with Gasteiger partial charge in [0.1, 0.15) is 17.8 Å². The summed E-state index contributed by atoms with van der Waals surface area (Å²) in [4.78, 5) is 6.54. The van der Waals surface area contributed by atoms with Crippen molar-refractivity contribution in [2.75, 3.05) is 13.1 Å². The summed E-state index contributed by atoms with van der Waals surface area (Å²) >= 11 is 0. The molecule has 5 heteroatoms. The molecule has 106 valence electrons. The van der Waals surface area contributed by atoms with E-state index in [9.17, 15) is 5.11 Å². The molecular formula is C15H20N4O. The Morgan fingerprint density at radius 2 is 2.10 bits per heavy atom. The highest BCUT2D eigenvalue weighted by atomic mass is 16.3. The van der Waals surface area contributed by atoms with Gasteiger partial charge in [-0.1, -0.05) is 30.3 Å². The van der Waals surface area contributed by atoms with E-state index in [-0.39, 0.29) is 0 Å². The average molecular weight is 272 g/mol. The number of hydrogen-bond donors (Lipinski definition) is 1. The van der Waals surface area contributed by atoms with Gasteiger partial charge in [-0.2, -0.15) is 5.10 Å². The number of aryl methyl sites for hydroxylation is 1. The first-order chi connectivity index (χ1) is 9.71. The summed E-state index contributed by atoms with van der Waals surface area (Å²) in [6, 6.07) is 9.92. The minimum Gasteiger partial charge on any atom is -0.384 e. The third kappa shape index (κ3) is 2.46. The smallest absolute Gasteiger partial charge is 0.140 e. The Kier molecular flexibility index (Phi) is 3.54. The topological polar surface area (TPSA) is 54.2 Å². The molecule has 1 atom stereocenters. The molecule has 0 spiro atoms. The molecule has 3 rings (SSSR count). The van der Waals surface area contributed by atoms with Gasteiger partial charge in [0.15, 0.2) is 0 Å². The summed E-state index contributed by atoms with van der Waals surface area (Å²) in [6.07, 6.45) is 2.36. The largest absolute Gasteiger partial charge is 0.384 e. The van der Waals surface area contributed by atoms with Crippen LogP contribution in [0.3, 0.4) is 0 Å². The SMILES string of the molecule is CCn1ncnc1CN1CC[C@](O)(c2ccccc2)C1. The third-order valence-corrected chi connectivity index (χ3v) is 4.00. The normalized spacial score (nSPS) is 23.3. The van der Waals surface area contributed by atoms with Crippen LogP contribution >= 0.6 is 0 Å². The molecule has 0 amide bonds. The van der Waals surface area contributed by atoms with E-state index < -0.39 is 5.60 Å². The maximum Gasteiger partial charge on any atom is 0.140 e. The number of hydrogen-bond acceptors (Lipinski definition) is 4. The molecule has 1 saturated heterocycles. The molecule has 1 fully saturated rings. The number of nitrogens with zero attached hydrogens (tertiary/aromatic N) is 4. The van der Waals surface area contributed by atoms with Crippen LogP contribution in [-0.2, 0) is 18.7 Å². The maximum absolute atomic E-state index is 10.8. The first kappa shape index (κ1) is 13.3. The van der Waals surface area contributed by atoms with E-state index in [0.717, 1.165) is 37.4 Å². The highest BCUT2D eigenvalue weighted by Crippen LogP contribution is 2.32. The zero-order valence-electron chi connectivity index (χ0n) is 11.7. The van der Waals surface area contributed by atoms with Gasteiger partial charge >= 0.3 is 0 Å². The molecule has 0 unspecified atom stereocenters. The Hall–Kier alpha value is -1.72. The van der Waals surface area contributed by atoms with E-state index >= 15 is 0 Å². The lowest BCUT2D eigenvalue weighted by atomic mass is 9.93. The highest BCUT2D eigenvalue weighted by Gasteiger charge is 2.37. The highest BCUT2D eigenvalue weighted by molar-refractivity contribution is 5.24. The zero-order valence-corrected chi connectivity index (χ0v) is 11.7. The van der Waals surface area contributed by atoms with Gasteiger partial charge in [0.25, 0.3) is 0 Å². The van der Waals surface area contributed by atoms with Crippen LogP contribution in [0.15, 0.2) is 36.7 Å². The molecule has 1 aliphatic heterocycles. The predicted molar refractivity (Wildman–Crippen MR) is 75.9 cm³/mol. The Bertz CT molecular complexity index is 568. The second-order valence-corrected chi connectivity index (χ2v) is 5.35. The van der Waals surface area contributed by atoms with Gasteiger partial charge in [-0.05, 0) is 18.9 Å². The predicted octanol–water partition coefficient (Wildman–Crippen LogP) is 1.39. The van der Waals surface area contributed by atoms with E-state index in [1.165, 1.54) is 0 Å². The van der Waals surface area contributed by atoms with Gasteiger partial charge in [0.05, 0.1) is 6.54 Å². The van der Waals surface area contributed by atoms with Crippen molar-refractivity contribution in [1.82, 2.24) is 19.7 Å². The van der Waals surface area contributed by atoms with Gasteiger partial charge in [-0.25, -0.2) is 9.67 Å². The van der Waals surface area contributed by atoms with E-state index in [1.807, 2.05) is 35.0 Å². The molecule has 0 bridgehead atoms. The van der Waals surface area contributed by atoms with E-state index in [1.54, 1.807) is 6.33 Å². The number of rotatable bonds is 4. The fourth-order valence-electron chi connectivity index (χ4n) is 2.86. The second kappa shape index (κ2) is 5.34. The van der Waals surface area contributed by atoms with Crippen molar-refractivity contribution in [1.29, 1.82) is 0 Å². The number of benzene rings is 1. The van der Waals surface area contributed by atoms with E-state index in [4.69, 9.17) is 0 Å². The molecule has 1 aromatic carbocycles. The first-order valence-electron chi connectivity index (χ1n) is 7.08. The summed E-state index contributed by atoms with van der Waals surface area (Å²) in [5, 5.41) is 15.0. The lowest BCUT2D eigenvalue weighted by molar-refractivity contribution is 0.0448. The van der Waals surface area contributed by atoms with Crippen molar-refractivity contribution in [2.24, 2.45) is 0 Å². The van der Waals surface area contributed by atoms with Gasteiger partial charge in [0.2, 0.25) is 0 Å². The lowest BCUT2D eigenvalue weighted by Crippen LogP contribution is -2.31. The Labute approximate surface area is 118 Å². The standard InChI is InChI=1S/C15H20N4O/c1-2-19-14(16-12-17-19)10-18-9-8-15(20,11-18)13-6-4-3-5-7-13/h3-7,12,20H,2,8-11H2,1H3/t15-/m1/s1. The average Bonchev–Trinajstić information content (AvgIpc) is 3.08. The van der Waals surface area contributed by atoms with Crippen LogP contribution in [-0.4, -0.2) is 37.9 Å². The van der Waals surface area contributed by atoms with E-state index in [2.05, 4.69) is 21.9 Å². The molecule has 1 aromatic heterocycles.